The van der Waals surface area contributed by atoms with Crippen molar-refractivity contribution in [2.45, 2.75) is 12.8 Å². The van der Waals surface area contributed by atoms with Gasteiger partial charge in [-0.3, -0.25) is 14.4 Å². The molecule has 0 bridgehead atoms. The Kier molecular flexibility index (Phi) is 6.62. The van der Waals surface area contributed by atoms with Crippen molar-refractivity contribution >= 4 is 34.6 Å². The van der Waals surface area contributed by atoms with Crippen LogP contribution in [-0.2, 0) is 9.59 Å². The van der Waals surface area contributed by atoms with Crippen LogP contribution in [0.25, 0.3) is 16.6 Å². The molecule has 1 saturated carbocycles. The first-order chi connectivity index (χ1) is 20.2. The number of ether oxygens (including phenoxy) is 1. The fraction of sp³-hybridized carbons (Fsp3) is 0.0968. The quantitative estimate of drug-likeness (QED) is 0.213. The summed E-state index contributed by atoms with van der Waals surface area (Å²) in [5.41, 5.74) is 6.93. The van der Waals surface area contributed by atoms with E-state index >= 15 is 4.39 Å². The molecule has 42 heavy (non-hydrogen) atoms. The molecule has 0 radical (unpaired) electrons. The summed E-state index contributed by atoms with van der Waals surface area (Å²) in [6, 6.07) is 19.3. The number of nitrogens with zero attached hydrogens (tertiary/aromatic N) is 2. The van der Waals surface area contributed by atoms with Crippen LogP contribution in [-0.4, -0.2) is 27.3 Å². The van der Waals surface area contributed by atoms with Gasteiger partial charge in [0.25, 0.3) is 0 Å². The number of hydrogen-bond acceptors (Lipinski definition) is 5. The monoisotopic (exact) mass is 567 g/mol. The highest BCUT2D eigenvalue weighted by atomic mass is 19.1. The van der Waals surface area contributed by atoms with Crippen LogP contribution in [0.3, 0.4) is 0 Å². The molecule has 9 nitrogen and oxygen atoms in total. The second-order valence-corrected chi connectivity index (χ2v) is 9.91. The van der Waals surface area contributed by atoms with Crippen LogP contribution in [0, 0.1) is 17.0 Å². The van der Waals surface area contributed by atoms with Gasteiger partial charge in [-0.25, -0.2) is 13.3 Å². The lowest BCUT2D eigenvalue weighted by Crippen LogP contribution is -2.35. The molecule has 11 heteroatoms. The number of aromatic nitrogens is 2. The number of fused-ring (bicyclic) bond motifs is 1. The van der Waals surface area contributed by atoms with E-state index in [4.69, 9.17) is 10.5 Å². The zero-order chi connectivity index (χ0) is 29.4. The largest absolute Gasteiger partial charge is 0.452 e. The highest BCUT2D eigenvalue weighted by Gasteiger charge is 2.56. The summed E-state index contributed by atoms with van der Waals surface area (Å²) < 4.78 is 35.9. The van der Waals surface area contributed by atoms with Gasteiger partial charge in [-0.15, -0.1) is 0 Å². The molecule has 2 aromatic heterocycles. The molecule has 5 aromatic rings. The number of amides is 3. The molecular weight excluding hydrogens is 544 g/mol. The number of rotatable bonds is 8. The van der Waals surface area contributed by atoms with E-state index in [1.807, 2.05) is 6.07 Å². The average molecular weight is 568 g/mol. The minimum atomic E-state index is -1.29. The minimum Gasteiger partial charge on any atom is -0.452 e. The van der Waals surface area contributed by atoms with Crippen molar-refractivity contribution in [3.8, 4) is 22.6 Å². The Morgan fingerprint density at radius 3 is 2.26 bits per heavy atom. The second-order valence-electron chi connectivity index (χ2n) is 9.91. The van der Waals surface area contributed by atoms with Crippen molar-refractivity contribution in [2.24, 2.45) is 11.1 Å². The molecule has 0 unspecified atom stereocenters. The Balaban J connectivity index is 1.20. The standard InChI is InChI=1S/C31H23F2N5O4/c32-20-4-6-21(7-5-20)36-29(40)31(12-13-31)30(41)37-22-8-9-25(24(33)17-22)42-26-10-14-35-38-15-11-23(27(26)38)18-2-1-3-19(16-18)28(34)39/h1-11,14-17H,12-13H2,(H2,34,39)(H,36,40)(H,37,41). The van der Waals surface area contributed by atoms with E-state index in [2.05, 4.69) is 15.7 Å². The molecule has 6 rings (SSSR count). The first-order valence-electron chi connectivity index (χ1n) is 13.0. The van der Waals surface area contributed by atoms with Crippen molar-refractivity contribution in [3.63, 3.8) is 0 Å². The Hall–Kier alpha value is -5.58. The summed E-state index contributed by atoms with van der Waals surface area (Å²) in [6.45, 7) is 0. The van der Waals surface area contributed by atoms with Crippen LogP contribution in [0.2, 0.25) is 0 Å². The third-order valence-corrected chi connectivity index (χ3v) is 7.11. The summed E-state index contributed by atoms with van der Waals surface area (Å²) in [7, 11) is 0. The van der Waals surface area contributed by atoms with Crippen LogP contribution >= 0.6 is 0 Å². The molecule has 3 aromatic carbocycles. The fourth-order valence-electron chi connectivity index (χ4n) is 4.67. The molecule has 1 aliphatic rings. The predicted molar refractivity (Wildman–Crippen MR) is 151 cm³/mol. The Morgan fingerprint density at radius 2 is 1.57 bits per heavy atom. The lowest BCUT2D eigenvalue weighted by atomic mass is 10.0. The van der Waals surface area contributed by atoms with Gasteiger partial charge in [-0.2, -0.15) is 5.10 Å². The summed E-state index contributed by atoms with van der Waals surface area (Å²) in [5, 5.41) is 9.53. The van der Waals surface area contributed by atoms with E-state index in [1.54, 1.807) is 41.0 Å². The molecule has 0 saturated heterocycles. The minimum absolute atomic E-state index is 0.102. The average Bonchev–Trinajstić information content (AvgIpc) is 3.69. The number of carbonyl (C=O) groups is 3. The number of halogens is 2. The Morgan fingerprint density at radius 1 is 0.857 bits per heavy atom. The van der Waals surface area contributed by atoms with Gasteiger partial charge in [-0.05, 0) is 73.0 Å². The number of carbonyl (C=O) groups excluding carboxylic acids is 3. The lowest BCUT2D eigenvalue weighted by Gasteiger charge is -2.16. The Labute approximate surface area is 237 Å². The molecule has 1 aliphatic carbocycles. The summed E-state index contributed by atoms with van der Waals surface area (Å²) in [4.78, 5) is 37.5. The SMILES string of the molecule is NC(=O)c1cccc(-c2ccn3nccc(Oc4ccc(NC(=O)C5(C(=O)Nc6ccc(F)cc6)CC5)cc4F)c23)c1. The van der Waals surface area contributed by atoms with Gasteiger partial charge in [0.2, 0.25) is 17.7 Å². The van der Waals surface area contributed by atoms with Gasteiger partial charge >= 0.3 is 0 Å². The van der Waals surface area contributed by atoms with E-state index in [0.717, 1.165) is 6.07 Å². The molecule has 210 valence electrons. The van der Waals surface area contributed by atoms with Gasteiger partial charge < -0.3 is 21.1 Å². The third kappa shape index (κ3) is 5.03. The molecule has 1 fully saturated rings. The van der Waals surface area contributed by atoms with Crippen LogP contribution in [0.4, 0.5) is 20.2 Å². The maximum atomic E-state index is 15.2. The van der Waals surface area contributed by atoms with Gasteiger partial charge in [0, 0.05) is 40.8 Å². The topological polar surface area (TPSA) is 128 Å². The molecule has 0 atom stereocenters. The molecule has 0 spiro atoms. The van der Waals surface area contributed by atoms with Crippen molar-refractivity contribution in [1.82, 2.24) is 9.61 Å². The summed E-state index contributed by atoms with van der Waals surface area (Å²) in [5.74, 6) is -2.63. The highest BCUT2D eigenvalue weighted by Crippen LogP contribution is 2.47. The fourth-order valence-corrected chi connectivity index (χ4v) is 4.67. The van der Waals surface area contributed by atoms with E-state index in [9.17, 15) is 18.8 Å². The number of benzene rings is 3. The predicted octanol–water partition coefficient (Wildman–Crippen LogP) is 5.53. The number of anilines is 2. The van der Waals surface area contributed by atoms with Crippen molar-refractivity contribution in [3.05, 3.63) is 108 Å². The van der Waals surface area contributed by atoms with Crippen molar-refractivity contribution in [2.75, 3.05) is 10.6 Å². The summed E-state index contributed by atoms with van der Waals surface area (Å²) >= 11 is 0. The number of primary amides is 1. The smallest absolute Gasteiger partial charge is 0.248 e. The zero-order valence-electron chi connectivity index (χ0n) is 21.9. The number of hydrogen-bond donors (Lipinski definition) is 3. The maximum absolute atomic E-state index is 15.2. The normalized spacial score (nSPS) is 13.4. The molecule has 2 heterocycles. The second kappa shape index (κ2) is 10.4. The molecule has 4 N–H and O–H groups in total. The van der Waals surface area contributed by atoms with Gasteiger partial charge in [0.15, 0.2) is 17.3 Å². The van der Waals surface area contributed by atoms with Crippen LogP contribution in [0.5, 0.6) is 11.5 Å². The maximum Gasteiger partial charge on any atom is 0.248 e. The van der Waals surface area contributed by atoms with Crippen LogP contribution in [0.1, 0.15) is 23.2 Å². The van der Waals surface area contributed by atoms with Gasteiger partial charge in [0.05, 0.1) is 6.20 Å². The highest BCUT2D eigenvalue weighted by molar-refractivity contribution is 6.16. The molecular formula is C31H23F2N5O4. The summed E-state index contributed by atoms with van der Waals surface area (Å²) in [6.07, 6.45) is 3.87. The lowest BCUT2D eigenvalue weighted by molar-refractivity contribution is -0.131. The van der Waals surface area contributed by atoms with Gasteiger partial charge in [0.1, 0.15) is 16.7 Å². The molecule has 0 aliphatic heterocycles. The first-order valence-corrected chi connectivity index (χ1v) is 13.0. The van der Waals surface area contributed by atoms with Crippen LogP contribution < -0.4 is 21.1 Å². The van der Waals surface area contributed by atoms with E-state index in [-0.39, 0.29) is 11.4 Å². The molecule has 3 amide bonds. The first kappa shape index (κ1) is 26.6. The number of nitrogens with two attached hydrogens (primary N) is 1. The van der Waals surface area contributed by atoms with Crippen molar-refractivity contribution in [1.29, 1.82) is 0 Å². The van der Waals surface area contributed by atoms with Gasteiger partial charge in [-0.1, -0.05) is 12.1 Å². The van der Waals surface area contributed by atoms with Crippen LogP contribution in [0.15, 0.2) is 91.3 Å². The van der Waals surface area contributed by atoms with E-state index in [1.165, 1.54) is 42.6 Å². The zero-order valence-corrected chi connectivity index (χ0v) is 21.9. The van der Waals surface area contributed by atoms with E-state index < -0.39 is 34.8 Å². The third-order valence-electron chi connectivity index (χ3n) is 7.11. The van der Waals surface area contributed by atoms with E-state index in [0.29, 0.717) is 46.5 Å². The number of nitrogens with one attached hydrogen (secondary N) is 2. The van der Waals surface area contributed by atoms with Crippen molar-refractivity contribution < 1.29 is 27.9 Å². The Bertz CT molecular complexity index is 1870.